The van der Waals surface area contributed by atoms with E-state index in [1.807, 2.05) is 24.3 Å². The predicted octanol–water partition coefficient (Wildman–Crippen LogP) is 2.09. The lowest BCUT2D eigenvalue weighted by Crippen LogP contribution is -2.39. The van der Waals surface area contributed by atoms with Gasteiger partial charge in [0.05, 0.1) is 0 Å². The summed E-state index contributed by atoms with van der Waals surface area (Å²) in [4.78, 5) is 23.4. The monoisotopic (exact) mass is 388 g/mol. The van der Waals surface area contributed by atoms with Crippen LogP contribution in [0.25, 0.3) is 0 Å². The number of anilines is 1. The van der Waals surface area contributed by atoms with E-state index in [2.05, 4.69) is 32.1 Å². The van der Waals surface area contributed by atoms with Crippen LogP contribution < -0.4 is 21.9 Å². The number of nitrogens with one attached hydrogen (secondary N) is 3. The van der Waals surface area contributed by atoms with Crippen LogP contribution in [0.4, 0.5) is 5.69 Å². The van der Waals surface area contributed by atoms with Crippen molar-refractivity contribution >= 4 is 33.4 Å². The average Bonchev–Trinajstić information content (AvgIpc) is 3.06. The van der Waals surface area contributed by atoms with Gasteiger partial charge in [-0.25, -0.2) is 10.9 Å². The van der Waals surface area contributed by atoms with Crippen LogP contribution in [-0.2, 0) is 4.79 Å². The molecule has 6 nitrogen and oxygen atoms in total. The van der Waals surface area contributed by atoms with Gasteiger partial charge in [-0.15, -0.1) is 0 Å². The van der Waals surface area contributed by atoms with E-state index in [0.29, 0.717) is 17.7 Å². The Kier molecular flexibility index (Phi) is 4.94. The number of nitrogens with two attached hydrogens (primary N) is 1. The minimum absolute atomic E-state index is 0.0751. The van der Waals surface area contributed by atoms with Gasteiger partial charge in [0.25, 0.3) is 0 Å². The van der Waals surface area contributed by atoms with Gasteiger partial charge in [-0.05, 0) is 48.4 Å². The summed E-state index contributed by atoms with van der Waals surface area (Å²) in [5.41, 5.74) is 13.5. The average molecular weight is 389 g/mol. The van der Waals surface area contributed by atoms with Gasteiger partial charge in [-0.1, -0.05) is 28.1 Å². The molecule has 124 valence electrons. The molecule has 1 aliphatic heterocycles. The van der Waals surface area contributed by atoms with E-state index in [0.717, 1.165) is 10.0 Å². The van der Waals surface area contributed by atoms with Crippen LogP contribution in [0.5, 0.6) is 0 Å². The number of benzene rings is 2. The molecule has 0 bridgehead atoms. The SMILES string of the molecule is NC(=O)c1ccc(NC(=O)C2CC(c3ccc(Br)cc3)NN2)cc1. The van der Waals surface area contributed by atoms with Crippen molar-refractivity contribution < 1.29 is 9.59 Å². The summed E-state index contributed by atoms with van der Waals surface area (Å²) in [7, 11) is 0. The van der Waals surface area contributed by atoms with Gasteiger partial charge < -0.3 is 11.1 Å². The molecule has 2 atom stereocenters. The molecule has 2 unspecified atom stereocenters. The first-order valence-electron chi connectivity index (χ1n) is 7.50. The Morgan fingerprint density at radius 1 is 1.04 bits per heavy atom. The molecule has 5 N–H and O–H groups in total. The molecule has 2 aromatic rings. The first-order valence-corrected chi connectivity index (χ1v) is 8.29. The van der Waals surface area contributed by atoms with Crippen LogP contribution in [-0.4, -0.2) is 17.9 Å². The molecule has 2 aromatic carbocycles. The molecular formula is C17H17BrN4O2. The molecule has 1 saturated heterocycles. The highest BCUT2D eigenvalue weighted by molar-refractivity contribution is 9.10. The van der Waals surface area contributed by atoms with Crippen molar-refractivity contribution in [1.82, 2.24) is 10.9 Å². The third kappa shape index (κ3) is 3.81. The first-order chi connectivity index (χ1) is 11.5. The van der Waals surface area contributed by atoms with Gasteiger partial charge in [0.1, 0.15) is 6.04 Å². The van der Waals surface area contributed by atoms with Gasteiger partial charge >= 0.3 is 0 Å². The fourth-order valence-corrected chi connectivity index (χ4v) is 2.85. The van der Waals surface area contributed by atoms with Crippen molar-refractivity contribution in [2.45, 2.75) is 18.5 Å². The van der Waals surface area contributed by atoms with Crippen LogP contribution in [0.3, 0.4) is 0 Å². The zero-order chi connectivity index (χ0) is 17.1. The summed E-state index contributed by atoms with van der Waals surface area (Å²) in [5.74, 6) is -0.624. The lowest BCUT2D eigenvalue weighted by atomic mass is 10.0. The molecule has 0 radical (unpaired) electrons. The van der Waals surface area contributed by atoms with Crippen molar-refractivity contribution in [2.75, 3.05) is 5.32 Å². The van der Waals surface area contributed by atoms with E-state index in [-0.39, 0.29) is 18.0 Å². The number of hydrogen-bond acceptors (Lipinski definition) is 4. The Balaban J connectivity index is 1.60. The molecule has 1 fully saturated rings. The van der Waals surface area contributed by atoms with E-state index in [9.17, 15) is 9.59 Å². The number of primary amides is 1. The van der Waals surface area contributed by atoms with Gasteiger partial charge in [0, 0.05) is 21.8 Å². The second-order valence-electron chi connectivity index (χ2n) is 5.61. The van der Waals surface area contributed by atoms with Crippen molar-refractivity contribution in [3.8, 4) is 0 Å². The third-order valence-corrected chi connectivity index (χ3v) is 4.46. The summed E-state index contributed by atoms with van der Waals surface area (Å²) in [6.07, 6.45) is 0.646. The molecule has 2 amide bonds. The predicted molar refractivity (Wildman–Crippen MR) is 95.1 cm³/mol. The Hall–Kier alpha value is -2.22. The number of rotatable bonds is 4. The smallest absolute Gasteiger partial charge is 0.248 e. The third-order valence-electron chi connectivity index (χ3n) is 3.93. The standard InChI is InChI=1S/C17H17BrN4O2/c18-12-5-1-10(2-6-12)14-9-15(22-21-14)17(24)20-13-7-3-11(4-8-13)16(19)23/h1-8,14-15,21-22H,9H2,(H2,19,23)(H,20,24). The summed E-state index contributed by atoms with van der Waals surface area (Å²) in [5, 5.41) is 2.83. The number of amides is 2. The normalized spacial score (nSPS) is 19.9. The maximum atomic E-state index is 12.4. The Morgan fingerprint density at radius 2 is 1.71 bits per heavy atom. The van der Waals surface area contributed by atoms with Crippen LogP contribution in [0.2, 0.25) is 0 Å². The van der Waals surface area contributed by atoms with Crippen LogP contribution >= 0.6 is 15.9 Å². The van der Waals surface area contributed by atoms with Crippen LogP contribution in [0.15, 0.2) is 53.0 Å². The van der Waals surface area contributed by atoms with Crippen molar-refractivity contribution in [2.24, 2.45) is 5.73 Å². The number of halogens is 1. The van der Waals surface area contributed by atoms with E-state index in [4.69, 9.17) is 5.73 Å². The minimum Gasteiger partial charge on any atom is -0.366 e. The highest BCUT2D eigenvalue weighted by Gasteiger charge is 2.30. The molecule has 1 aliphatic rings. The van der Waals surface area contributed by atoms with Gasteiger partial charge in [0.2, 0.25) is 11.8 Å². The van der Waals surface area contributed by atoms with E-state index >= 15 is 0 Å². The molecule has 3 rings (SSSR count). The van der Waals surface area contributed by atoms with Gasteiger partial charge in [-0.2, -0.15) is 0 Å². The second-order valence-corrected chi connectivity index (χ2v) is 6.53. The molecule has 7 heteroatoms. The Labute approximate surface area is 147 Å². The van der Waals surface area contributed by atoms with Crippen molar-refractivity contribution in [3.63, 3.8) is 0 Å². The quantitative estimate of drug-likeness (QED) is 0.644. The highest BCUT2D eigenvalue weighted by atomic mass is 79.9. The Morgan fingerprint density at radius 3 is 2.33 bits per heavy atom. The first kappa shape index (κ1) is 16.6. The number of carbonyl (C=O) groups is 2. The minimum atomic E-state index is -0.494. The lowest BCUT2D eigenvalue weighted by Gasteiger charge is -2.11. The van der Waals surface area contributed by atoms with Gasteiger partial charge in [0.15, 0.2) is 0 Å². The van der Waals surface area contributed by atoms with E-state index in [1.54, 1.807) is 24.3 Å². The van der Waals surface area contributed by atoms with Crippen LogP contribution in [0, 0.1) is 0 Å². The van der Waals surface area contributed by atoms with Gasteiger partial charge in [-0.3, -0.25) is 9.59 Å². The topological polar surface area (TPSA) is 96.2 Å². The number of hydrazine groups is 1. The molecule has 0 aliphatic carbocycles. The highest BCUT2D eigenvalue weighted by Crippen LogP contribution is 2.24. The van der Waals surface area contributed by atoms with E-state index < -0.39 is 5.91 Å². The fourth-order valence-electron chi connectivity index (χ4n) is 2.59. The lowest BCUT2D eigenvalue weighted by molar-refractivity contribution is -0.117. The molecule has 0 aromatic heterocycles. The van der Waals surface area contributed by atoms with Crippen LogP contribution in [0.1, 0.15) is 28.4 Å². The molecule has 0 spiro atoms. The summed E-state index contributed by atoms with van der Waals surface area (Å²) in [6.45, 7) is 0. The zero-order valence-electron chi connectivity index (χ0n) is 12.8. The van der Waals surface area contributed by atoms with Crippen molar-refractivity contribution in [1.29, 1.82) is 0 Å². The maximum Gasteiger partial charge on any atom is 0.248 e. The largest absolute Gasteiger partial charge is 0.366 e. The zero-order valence-corrected chi connectivity index (χ0v) is 14.3. The Bertz CT molecular complexity index is 746. The fraction of sp³-hybridized carbons (Fsp3) is 0.176. The van der Waals surface area contributed by atoms with E-state index in [1.165, 1.54) is 0 Å². The maximum absolute atomic E-state index is 12.4. The second kappa shape index (κ2) is 7.12. The molecule has 24 heavy (non-hydrogen) atoms. The van der Waals surface area contributed by atoms with Crippen molar-refractivity contribution in [3.05, 3.63) is 64.1 Å². The summed E-state index contributed by atoms with van der Waals surface area (Å²) >= 11 is 3.41. The number of carbonyl (C=O) groups excluding carboxylic acids is 2. The number of hydrogen-bond donors (Lipinski definition) is 4. The summed E-state index contributed by atoms with van der Waals surface area (Å²) in [6, 6.07) is 14.2. The summed E-state index contributed by atoms with van der Waals surface area (Å²) < 4.78 is 1.02. The molecule has 0 saturated carbocycles. The molecular weight excluding hydrogens is 372 g/mol. The molecule has 1 heterocycles.